The molecule has 0 radical (unpaired) electrons. The highest BCUT2D eigenvalue weighted by atomic mass is 32.2. The Kier molecular flexibility index (Phi) is 7.84. The summed E-state index contributed by atoms with van der Waals surface area (Å²) in [6, 6.07) is 18.6. The number of rotatable bonds is 9. The molecule has 11 heteroatoms. The van der Waals surface area contributed by atoms with Crippen LogP contribution < -0.4 is 14.2 Å². The van der Waals surface area contributed by atoms with E-state index in [1.165, 1.54) is 37.4 Å². The Balaban J connectivity index is 1.36. The van der Waals surface area contributed by atoms with E-state index in [1.54, 1.807) is 42.5 Å². The van der Waals surface area contributed by atoms with E-state index in [0.717, 1.165) is 22.7 Å². The lowest BCUT2D eigenvalue weighted by Crippen LogP contribution is -2.32. The number of carbonyl (C=O) groups is 3. The Morgan fingerprint density at radius 1 is 1.03 bits per heavy atom. The van der Waals surface area contributed by atoms with Crippen LogP contribution >= 0.6 is 11.8 Å². The number of non-ortho nitro benzene ring substituents is 1. The van der Waals surface area contributed by atoms with Crippen molar-refractivity contribution in [1.82, 2.24) is 4.90 Å². The van der Waals surface area contributed by atoms with Crippen LogP contribution in [0.2, 0.25) is 0 Å². The van der Waals surface area contributed by atoms with Gasteiger partial charge in [0.1, 0.15) is 12.4 Å². The molecule has 0 unspecified atom stereocenters. The van der Waals surface area contributed by atoms with Gasteiger partial charge in [-0.15, -0.1) is 0 Å². The number of nitro groups is 1. The predicted molar refractivity (Wildman–Crippen MR) is 136 cm³/mol. The molecule has 37 heavy (non-hydrogen) atoms. The highest BCUT2D eigenvalue weighted by Crippen LogP contribution is 2.33. The summed E-state index contributed by atoms with van der Waals surface area (Å²) in [4.78, 5) is 49.1. The van der Waals surface area contributed by atoms with Crippen molar-refractivity contribution in [2.75, 3.05) is 20.3 Å². The van der Waals surface area contributed by atoms with Gasteiger partial charge >= 0.3 is 5.97 Å². The van der Waals surface area contributed by atoms with Crippen LogP contribution in [0.4, 0.5) is 10.5 Å². The van der Waals surface area contributed by atoms with Crippen LogP contribution in [0.15, 0.2) is 77.7 Å². The SMILES string of the molecule is COc1ccccc1OCCN1C(=O)S/C(=C\c2ccc(OC(=O)c3cccc([N+](=O)[O-])c3)cc2)C1=O. The first-order chi connectivity index (χ1) is 17.9. The standard InChI is InChI=1S/C26H20N2O8S/c1-34-21-7-2-3-8-22(21)35-14-13-27-24(29)23(37-26(27)31)15-17-9-11-20(12-10-17)36-25(30)18-5-4-6-19(16-18)28(32)33/h2-12,15-16H,13-14H2,1H3/b23-15-. The van der Waals surface area contributed by atoms with Gasteiger partial charge < -0.3 is 14.2 Å². The van der Waals surface area contributed by atoms with Crippen LogP contribution in [0.25, 0.3) is 6.08 Å². The van der Waals surface area contributed by atoms with Crippen molar-refractivity contribution in [3.63, 3.8) is 0 Å². The molecule has 3 aromatic carbocycles. The molecule has 0 N–H and O–H groups in total. The quantitative estimate of drug-likeness (QED) is 0.127. The number of carbonyl (C=O) groups excluding carboxylic acids is 3. The predicted octanol–water partition coefficient (Wildman–Crippen LogP) is 4.94. The summed E-state index contributed by atoms with van der Waals surface area (Å²) in [6.45, 7) is 0.183. The fourth-order valence-electron chi connectivity index (χ4n) is 3.37. The lowest BCUT2D eigenvalue weighted by Gasteiger charge is -2.14. The summed E-state index contributed by atoms with van der Waals surface area (Å²) >= 11 is 0.824. The number of hydrogen-bond acceptors (Lipinski definition) is 9. The van der Waals surface area contributed by atoms with Crippen LogP contribution in [-0.2, 0) is 4.79 Å². The molecule has 0 spiro atoms. The van der Waals surface area contributed by atoms with Gasteiger partial charge in [-0.05, 0) is 53.7 Å². The molecular formula is C26H20N2O8S. The first kappa shape index (κ1) is 25.5. The van der Waals surface area contributed by atoms with Gasteiger partial charge in [-0.3, -0.25) is 24.6 Å². The van der Waals surface area contributed by atoms with E-state index in [1.807, 2.05) is 0 Å². The molecule has 1 aliphatic heterocycles. The number of methoxy groups -OCH3 is 1. The summed E-state index contributed by atoms with van der Waals surface area (Å²) in [5, 5.41) is 10.5. The fourth-order valence-corrected chi connectivity index (χ4v) is 4.24. The third-order valence-corrected chi connectivity index (χ3v) is 6.10. The van der Waals surface area contributed by atoms with Crippen molar-refractivity contribution in [2.45, 2.75) is 0 Å². The van der Waals surface area contributed by atoms with Crippen LogP contribution in [0, 0.1) is 10.1 Å². The molecule has 3 aromatic rings. The molecule has 1 saturated heterocycles. The van der Waals surface area contributed by atoms with E-state index in [-0.39, 0.29) is 35.1 Å². The lowest BCUT2D eigenvalue weighted by atomic mass is 10.2. The van der Waals surface area contributed by atoms with Gasteiger partial charge in [0.2, 0.25) is 0 Å². The number of imide groups is 1. The van der Waals surface area contributed by atoms with E-state index in [9.17, 15) is 24.5 Å². The molecule has 1 aliphatic rings. The van der Waals surface area contributed by atoms with Crippen molar-refractivity contribution in [1.29, 1.82) is 0 Å². The first-order valence-corrected chi connectivity index (χ1v) is 11.8. The zero-order chi connectivity index (χ0) is 26.4. The van der Waals surface area contributed by atoms with Gasteiger partial charge in [0.05, 0.1) is 29.0 Å². The minimum absolute atomic E-state index is 0.0432. The van der Waals surface area contributed by atoms with E-state index >= 15 is 0 Å². The van der Waals surface area contributed by atoms with E-state index in [4.69, 9.17) is 14.2 Å². The zero-order valence-electron chi connectivity index (χ0n) is 19.5. The first-order valence-electron chi connectivity index (χ1n) is 10.9. The molecule has 2 amide bonds. The second-order valence-electron chi connectivity index (χ2n) is 7.60. The maximum Gasteiger partial charge on any atom is 0.343 e. The van der Waals surface area contributed by atoms with Crippen molar-refractivity contribution >= 4 is 40.6 Å². The Morgan fingerprint density at radius 2 is 1.76 bits per heavy atom. The summed E-state index contributed by atoms with van der Waals surface area (Å²) < 4.78 is 16.2. The van der Waals surface area contributed by atoms with Gasteiger partial charge in [-0.2, -0.15) is 0 Å². The second-order valence-corrected chi connectivity index (χ2v) is 8.59. The van der Waals surface area contributed by atoms with Crippen LogP contribution in [0.5, 0.6) is 17.2 Å². The maximum absolute atomic E-state index is 12.7. The Hall–Kier alpha value is -4.64. The number of para-hydroxylation sites is 2. The number of hydrogen-bond donors (Lipinski definition) is 0. The van der Waals surface area contributed by atoms with Crippen molar-refractivity contribution in [3.05, 3.63) is 98.9 Å². The molecule has 0 saturated carbocycles. The topological polar surface area (TPSA) is 125 Å². The summed E-state index contributed by atoms with van der Waals surface area (Å²) in [5.41, 5.74) is 0.442. The van der Waals surface area contributed by atoms with E-state index in [2.05, 4.69) is 0 Å². The van der Waals surface area contributed by atoms with E-state index in [0.29, 0.717) is 17.1 Å². The molecular weight excluding hydrogens is 500 g/mol. The van der Waals surface area contributed by atoms with Gasteiger partial charge in [0.25, 0.3) is 16.8 Å². The number of amides is 2. The second kappa shape index (κ2) is 11.4. The number of nitrogens with zero attached hydrogens (tertiary/aromatic N) is 2. The summed E-state index contributed by atoms with van der Waals surface area (Å²) in [5.74, 6) is 0.109. The summed E-state index contributed by atoms with van der Waals surface area (Å²) in [6.07, 6.45) is 1.57. The van der Waals surface area contributed by atoms with Crippen LogP contribution in [-0.4, -0.2) is 47.2 Å². The van der Waals surface area contributed by atoms with Gasteiger partial charge in [0.15, 0.2) is 11.5 Å². The van der Waals surface area contributed by atoms with Crippen molar-refractivity contribution < 1.29 is 33.5 Å². The van der Waals surface area contributed by atoms with Crippen LogP contribution in [0.1, 0.15) is 15.9 Å². The monoisotopic (exact) mass is 520 g/mol. The largest absolute Gasteiger partial charge is 0.493 e. The third-order valence-electron chi connectivity index (χ3n) is 5.20. The minimum Gasteiger partial charge on any atom is -0.493 e. The van der Waals surface area contributed by atoms with Crippen molar-refractivity contribution in [3.8, 4) is 17.2 Å². The van der Waals surface area contributed by atoms with Gasteiger partial charge in [-0.1, -0.05) is 30.3 Å². The molecule has 0 bridgehead atoms. The van der Waals surface area contributed by atoms with E-state index < -0.39 is 22.0 Å². The summed E-state index contributed by atoms with van der Waals surface area (Å²) in [7, 11) is 1.53. The molecule has 1 heterocycles. The Morgan fingerprint density at radius 3 is 2.46 bits per heavy atom. The molecule has 1 fully saturated rings. The molecule has 4 rings (SSSR count). The Labute approximate surface area is 215 Å². The lowest BCUT2D eigenvalue weighted by molar-refractivity contribution is -0.384. The van der Waals surface area contributed by atoms with Crippen molar-refractivity contribution in [2.24, 2.45) is 0 Å². The normalized spacial score (nSPS) is 14.1. The van der Waals surface area contributed by atoms with Gasteiger partial charge in [0, 0.05) is 12.1 Å². The smallest absolute Gasteiger partial charge is 0.343 e. The highest BCUT2D eigenvalue weighted by molar-refractivity contribution is 8.18. The Bertz CT molecular complexity index is 1390. The van der Waals surface area contributed by atoms with Crippen LogP contribution in [0.3, 0.4) is 0 Å². The molecule has 10 nitrogen and oxygen atoms in total. The number of nitro benzene ring substituents is 1. The molecule has 0 aliphatic carbocycles. The molecule has 0 aromatic heterocycles. The number of benzene rings is 3. The highest BCUT2D eigenvalue weighted by Gasteiger charge is 2.34. The third kappa shape index (κ3) is 6.14. The molecule has 188 valence electrons. The number of esters is 1. The molecule has 0 atom stereocenters. The fraction of sp³-hybridized carbons (Fsp3) is 0.115. The number of thioether (sulfide) groups is 1. The average Bonchev–Trinajstić information content (AvgIpc) is 3.17. The zero-order valence-corrected chi connectivity index (χ0v) is 20.3. The number of ether oxygens (including phenoxy) is 3. The average molecular weight is 521 g/mol. The van der Waals surface area contributed by atoms with Gasteiger partial charge in [-0.25, -0.2) is 4.79 Å². The minimum atomic E-state index is -0.743. The maximum atomic E-state index is 12.7.